The number of halogens is 1. The fourth-order valence-corrected chi connectivity index (χ4v) is 3.85. The number of benzene rings is 1. The minimum Gasteiger partial charge on any atom is -0.329 e. The molecule has 1 saturated heterocycles. The van der Waals surface area contributed by atoms with Gasteiger partial charge >= 0.3 is 0 Å². The number of H-pyrrole nitrogens is 1. The van der Waals surface area contributed by atoms with Crippen molar-refractivity contribution in [3.05, 3.63) is 59.5 Å². The molecule has 3 aromatic rings. The SMILES string of the molecule is NCC1CC(c2[nH]nc(-c3ccc(Cl)cc3)c2-c2ccncc2)CCN1. The molecule has 6 heteroatoms. The second-order valence-electron chi connectivity index (χ2n) is 6.71. The average Bonchev–Trinajstić information content (AvgIpc) is 3.14. The third-order valence-corrected chi connectivity index (χ3v) is 5.32. The predicted octanol–water partition coefficient (Wildman–Crippen LogP) is 3.59. The van der Waals surface area contributed by atoms with E-state index in [1.165, 1.54) is 5.69 Å². The third kappa shape index (κ3) is 3.38. The van der Waals surface area contributed by atoms with Crippen molar-refractivity contribution in [2.75, 3.05) is 13.1 Å². The van der Waals surface area contributed by atoms with Crippen LogP contribution in [-0.2, 0) is 0 Å². The number of nitrogens with one attached hydrogen (secondary N) is 2. The Morgan fingerprint density at radius 2 is 1.85 bits per heavy atom. The molecule has 2 aromatic heterocycles. The van der Waals surface area contributed by atoms with E-state index in [-0.39, 0.29) is 0 Å². The van der Waals surface area contributed by atoms with E-state index in [1.54, 1.807) is 0 Å². The maximum absolute atomic E-state index is 6.06. The summed E-state index contributed by atoms with van der Waals surface area (Å²) in [5.74, 6) is 0.404. The molecule has 26 heavy (non-hydrogen) atoms. The summed E-state index contributed by atoms with van der Waals surface area (Å²) in [6.45, 7) is 1.62. The van der Waals surface area contributed by atoms with Crippen molar-refractivity contribution in [1.82, 2.24) is 20.5 Å². The predicted molar refractivity (Wildman–Crippen MR) is 105 cm³/mol. The highest BCUT2D eigenvalue weighted by Crippen LogP contribution is 2.39. The van der Waals surface area contributed by atoms with Crippen molar-refractivity contribution in [3.8, 4) is 22.4 Å². The van der Waals surface area contributed by atoms with Crippen LogP contribution in [0.25, 0.3) is 22.4 Å². The quantitative estimate of drug-likeness (QED) is 0.658. The Labute approximate surface area is 158 Å². The molecule has 2 unspecified atom stereocenters. The molecule has 5 nitrogen and oxygen atoms in total. The van der Waals surface area contributed by atoms with Gasteiger partial charge in [0.25, 0.3) is 0 Å². The number of piperidine rings is 1. The lowest BCUT2D eigenvalue weighted by Gasteiger charge is -2.29. The molecule has 1 aliphatic heterocycles. The van der Waals surface area contributed by atoms with E-state index in [2.05, 4.69) is 20.5 Å². The lowest BCUT2D eigenvalue weighted by atomic mass is 9.85. The van der Waals surface area contributed by atoms with Crippen LogP contribution in [0.2, 0.25) is 5.02 Å². The number of pyridine rings is 1. The summed E-state index contributed by atoms with van der Waals surface area (Å²) < 4.78 is 0. The Bertz CT molecular complexity index is 860. The minimum absolute atomic E-state index is 0.348. The van der Waals surface area contributed by atoms with Crippen molar-refractivity contribution in [2.24, 2.45) is 5.73 Å². The van der Waals surface area contributed by atoms with E-state index in [0.29, 0.717) is 18.5 Å². The number of rotatable bonds is 4. The van der Waals surface area contributed by atoms with Crippen LogP contribution in [0.5, 0.6) is 0 Å². The Morgan fingerprint density at radius 3 is 2.58 bits per heavy atom. The molecule has 134 valence electrons. The molecular formula is C20H22ClN5. The average molecular weight is 368 g/mol. The number of aromatic nitrogens is 3. The van der Waals surface area contributed by atoms with E-state index in [0.717, 1.165) is 46.8 Å². The van der Waals surface area contributed by atoms with Gasteiger partial charge in [-0.05, 0) is 49.2 Å². The normalized spacial score (nSPS) is 20.2. The van der Waals surface area contributed by atoms with Gasteiger partial charge in [-0.1, -0.05) is 23.7 Å². The van der Waals surface area contributed by atoms with Gasteiger partial charge in [-0.15, -0.1) is 0 Å². The number of aromatic amines is 1. The van der Waals surface area contributed by atoms with Gasteiger partial charge in [0.2, 0.25) is 0 Å². The number of nitrogens with zero attached hydrogens (tertiary/aromatic N) is 2. The van der Waals surface area contributed by atoms with Crippen LogP contribution < -0.4 is 11.1 Å². The van der Waals surface area contributed by atoms with E-state index < -0.39 is 0 Å². The highest BCUT2D eigenvalue weighted by atomic mass is 35.5. The smallest absolute Gasteiger partial charge is 0.100 e. The molecule has 1 fully saturated rings. The second-order valence-corrected chi connectivity index (χ2v) is 7.15. The van der Waals surface area contributed by atoms with Crippen LogP contribution in [0.4, 0.5) is 0 Å². The molecule has 0 aliphatic carbocycles. The van der Waals surface area contributed by atoms with Crippen LogP contribution in [0.1, 0.15) is 24.5 Å². The minimum atomic E-state index is 0.348. The monoisotopic (exact) mass is 367 g/mol. The first-order valence-electron chi connectivity index (χ1n) is 8.94. The molecule has 3 heterocycles. The van der Waals surface area contributed by atoms with Crippen LogP contribution in [-0.4, -0.2) is 34.3 Å². The maximum Gasteiger partial charge on any atom is 0.100 e. The first kappa shape index (κ1) is 17.2. The summed E-state index contributed by atoms with van der Waals surface area (Å²) in [6.07, 6.45) is 5.72. The van der Waals surface area contributed by atoms with Crippen molar-refractivity contribution >= 4 is 11.6 Å². The van der Waals surface area contributed by atoms with Gasteiger partial charge in [-0.3, -0.25) is 10.1 Å². The lowest BCUT2D eigenvalue weighted by Crippen LogP contribution is -2.42. The van der Waals surface area contributed by atoms with E-state index in [1.807, 2.05) is 48.8 Å². The highest BCUT2D eigenvalue weighted by Gasteiger charge is 2.27. The Morgan fingerprint density at radius 1 is 1.08 bits per heavy atom. The van der Waals surface area contributed by atoms with Crippen LogP contribution >= 0.6 is 11.6 Å². The van der Waals surface area contributed by atoms with Crippen molar-refractivity contribution in [2.45, 2.75) is 24.8 Å². The maximum atomic E-state index is 6.06. The molecule has 0 saturated carbocycles. The summed E-state index contributed by atoms with van der Waals surface area (Å²) in [5, 5.41) is 12.2. The summed E-state index contributed by atoms with van der Waals surface area (Å²) >= 11 is 6.06. The zero-order valence-electron chi connectivity index (χ0n) is 14.5. The summed E-state index contributed by atoms with van der Waals surface area (Å²) in [5.41, 5.74) is 11.3. The van der Waals surface area contributed by atoms with Crippen LogP contribution in [0.3, 0.4) is 0 Å². The number of nitrogens with two attached hydrogens (primary N) is 1. The van der Waals surface area contributed by atoms with Gasteiger partial charge in [0.15, 0.2) is 0 Å². The van der Waals surface area contributed by atoms with Gasteiger partial charge in [0, 0.05) is 52.7 Å². The summed E-state index contributed by atoms with van der Waals surface area (Å²) in [6, 6.07) is 12.2. The van der Waals surface area contributed by atoms with Crippen molar-refractivity contribution in [1.29, 1.82) is 0 Å². The van der Waals surface area contributed by atoms with Crippen LogP contribution in [0, 0.1) is 0 Å². The molecule has 2 atom stereocenters. The molecule has 0 radical (unpaired) electrons. The van der Waals surface area contributed by atoms with Crippen molar-refractivity contribution in [3.63, 3.8) is 0 Å². The molecule has 4 N–H and O–H groups in total. The molecule has 0 spiro atoms. The zero-order valence-corrected chi connectivity index (χ0v) is 15.2. The fourth-order valence-electron chi connectivity index (χ4n) is 3.73. The van der Waals surface area contributed by atoms with Gasteiger partial charge in [-0.2, -0.15) is 5.10 Å². The molecule has 0 bridgehead atoms. The molecule has 0 amide bonds. The van der Waals surface area contributed by atoms with Gasteiger partial charge in [0.05, 0.1) is 0 Å². The summed E-state index contributed by atoms with van der Waals surface area (Å²) in [4.78, 5) is 4.16. The fraction of sp³-hybridized carbons (Fsp3) is 0.300. The molecule has 1 aliphatic rings. The van der Waals surface area contributed by atoms with E-state index >= 15 is 0 Å². The zero-order chi connectivity index (χ0) is 17.9. The second kappa shape index (κ2) is 7.58. The topological polar surface area (TPSA) is 79.6 Å². The number of hydrogen-bond acceptors (Lipinski definition) is 4. The van der Waals surface area contributed by atoms with Gasteiger partial charge in [0.1, 0.15) is 5.69 Å². The molecular weight excluding hydrogens is 346 g/mol. The first-order chi connectivity index (χ1) is 12.8. The van der Waals surface area contributed by atoms with Gasteiger partial charge in [-0.25, -0.2) is 0 Å². The summed E-state index contributed by atoms with van der Waals surface area (Å²) in [7, 11) is 0. The first-order valence-corrected chi connectivity index (χ1v) is 9.32. The lowest BCUT2D eigenvalue weighted by molar-refractivity contribution is 0.363. The Kier molecular flexibility index (Phi) is 5.02. The van der Waals surface area contributed by atoms with Crippen LogP contribution in [0.15, 0.2) is 48.8 Å². The van der Waals surface area contributed by atoms with Crippen molar-refractivity contribution < 1.29 is 0 Å². The van der Waals surface area contributed by atoms with E-state index in [9.17, 15) is 0 Å². The largest absolute Gasteiger partial charge is 0.329 e. The molecule has 1 aromatic carbocycles. The number of hydrogen-bond donors (Lipinski definition) is 3. The Hall–Kier alpha value is -2.21. The standard InChI is InChI=1S/C20H22ClN5/c21-16-3-1-14(2-4-16)19-18(13-5-8-23-9-6-13)20(26-25-19)15-7-10-24-17(11-15)12-22/h1-6,8-9,15,17,24H,7,10-12,22H2,(H,25,26). The van der Waals surface area contributed by atoms with Gasteiger partial charge < -0.3 is 11.1 Å². The van der Waals surface area contributed by atoms with E-state index in [4.69, 9.17) is 17.3 Å². The molecule has 4 rings (SSSR count). The third-order valence-electron chi connectivity index (χ3n) is 5.07. The Balaban J connectivity index is 1.81. The highest BCUT2D eigenvalue weighted by molar-refractivity contribution is 6.30.